The lowest BCUT2D eigenvalue weighted by Crippen LogP contribution is -1.82. The van der Waals surface area contributed by atoms with Crippen LogP contribution in [0.3, 0.4) is 0 Å². The zero-order valence-corrected chi connectivity index (χ0v) is 15.1. The standard InChI is InChI=1S/C12H7Br3.C3H4O2/c13-10-7-6-9(11(14)12(10)15)8-4-2-1-3-5-8;1-2-3(4)5/h1-7H;2H,1H2,(H,4,5). The van der Waals surface area contributed by atoms with Crippen LogP contribution in [0.5, 0.6) is 0 Å². The molecule has 0 aliphatic rings. The van der Waals surface area contributed by atoms with E-state index < -0.39 is 5.97 Å². The van der Waals surface area contributed by atoms with Gasteiger partial charge in [0.25, 0.3) is 0 Å². The molecule has 1 N–H and O–H groups in total. The summed E-state index contributed by atoms with van der Waals surface area (Å²) in [4.78, 5) is 9.25. The topological polar surface area (TPSA) is 37.3 Å². The Morgan fingerprint density at radius 1 is 1.00 bits per heavy atom. The van der Waals surface area contributed by atoms with E-state index in [4.69, 9.17) is 5.11 Å². The predicted molar refractivity (Wildman–Crippen MR) is 92.8 cm³/mol. The van der Waals surface area contributed by atoms with Gasteiger partial charge in [-0.15, -0.1) is 0 Å². The Morgan fingerprint density at radius 3 is 2.05 bits per heavy atom. The van der Waals surface area contributed by atoms with E-state index in [1.807, 2.05) is 24.3 Å². The van der Waals surface area contributed by atoms with Crippen molar-refractivity contribution in [2.24, 2.45) is 0 Å². The molecule has 104 valence electrons. The molecule has 5 heteroatoms. The van der Waals surface area contributed by atoms with Crippen molar-refractivity contribution in [1.82, 2.24) is 0 Å². The first kappa shape index (κ1) is 17.1. The number of carboxylic acid groups (broad SMARTS) is 1. The van der Waals surface area contributed by atoms with Gasteiger partial charge in [-0.3, -0.25) is 0 Å². The second-order valence-electron chi connectivity index (χ2n) is 3.63. The van der Waals surface area contributed by atoms with Gasteiger partial charge in [-0.2, -0.15) is 0 Å². The first-order chi connectivity index (χ1) is 9.47. The summed E-state index contributed by atoms with van der Waals surface area (Å²) in [6, 6.07) is 14.4. The van der Waals surface area contributed by atoms with Crippen LogP contribution in [0.25, 0.3) is 11.1 Å². The monoisotopic (exact) mass is 460 g/mol. The van der Waals surface area contributed by atoms with Crippen molar-refractivity contribution >= 4 is 53.8 Å². The fourth-order valence-corrected chi connectivity index (χ4v) is 2.88. The molecule has 0 radical (unpaired) electrons. The molecule has 2 aromatic rings. The number of aliphatic carboxylic acids is 1. The number of halogens is 3. The van der Waals surface area contributed by atoms with E-state index in [1.165, 1.54) is 11.1 Å². The highest BCUT2D eigenvalue weighted by Crippen LogP contribution is 2.38. The minimum absolute atomic E-state index is 0.833. The molecule has 0 unspecified atom stereocenters. The molecular formula is C15H11Br3O2. The van der Waals surface area contributed by atoms with E-state index in [9.17, 15) is 4.79 Å². The fourth-order valence-electron chi connectivity index (χ4n) is 1.37. The summed E-state index contributed by atoms with van der Waals surface area (Å²) >= 11 is 10.6. The second-order valence-corrected chi connectivity index (χ2v) is 6.07. The van der Waals surface area contributed by atoms with Gasteiger partial charge in [0.1, 0.15) is 0 Å². The molecule has 20 heavy (non-hydrogen) atoms. The molecular weight excluding hydrogens is 452 g/mol. The summed E-state index contributed by atoms with van der Waals surface area (Å²) in [5, 5.41) is 7.60. The van der Waals surface area contributed by atoms with Gasteiger partial charge in [-0.1, -0.05) is 43.0 Å². The van der Waals surface area contributed by atoms with Crippen LogP contribution < -0.4 is 0 Å². The Morgan fingerprint density at radius 2 is 1.55 bits per heavy atom. The summed E-state index contributed by atoms with van der Waals surface area (Å²) in [7, 11) is 0. The molecule has 0 aliphatic heterocycles. The molecule has 0 saturated heterocycles. The summed E-state index contributed by atoms with van der Waals surface area (Å²) in [5.74, 6) is -0.981. The van der Waals surface area contributed by atoms with Crippen LogP contribution in [0, 0.1) is 0 Å². The molecule has 2 rings (SSSR count). The Labute approximate surface area is 142 Å². The minimum Gasteiger partial charge on any atom is -0.478 e. The molecule has 0 fully saturated rings. The number of benzene rings is 2. The van der Waals surface area contributed by atoms with Crippen molar-refractivity contribution in [1.29, 1.82) is 0 Å². The SMILES string of the molecule is Brc1ccc(-c2ccccc2)c(Br)c1Br.C=CC(=O)O. The van der Waals surface area contributed by atoms with Crippen LogP contribution in [0.2, 0.25) is 0 Å². The largest absolute Gasteiger partial charge is 0.478 e. The molecule has 2 nitrogen and oxygen atoms in total. The van der Waals surface area contributed by atoms with Crippen LogP contribution in [-0.4, -0.2) is 11.1 Å². The molecule has 0 heterocycles. The quantitative estimate of drug-likeness (QED) is 0.445. The van der Waals surface area contributed by atoms with E-state index in [-0.39, 0.29) is 0 Å². The van der Waals surface area contributed by atoms with Crippen LogP contribution in [0.15, 0.2) is 68.5 Å². The Hall–Kier alpha value is -0.910. The lowest BCUT2D eigenvalue weighted by Gasteiger charge is -2.07. The number of carbonyl (C=O) groups is 1. The van der Waals surface area contributed by atoms with Gasteiger partial charge < -0.3 is 5.11 Å². The first-order valence-corrected chi connectivity index (χ1v) is 7.89. The van der Waals surface area contributed by atoms with E-state index in [0.29, 0.717) is 0 Å². The third-order valence-corrected chi connectivity index (χ3v) is 5.67. The Balaban J connectivity index is 0.000000347. The third-order valence-electron chi connectivity index (χ3n) is 2.29. The predicted octanol–water partition coefficient (Wildman–Crippen LogP) is 5.90. The lowest BCUT2D eigenvalue weighted by atomic mass is 10.1. The average Bonchev–Trinajstić information content (AvgIpc) is 2.46. The van der Waals surface area contributed by atoms with Crippen LogP contribution in [0.4, 0.5) is 0 Å². The van der Waals surface area contributed by atoms with Crippen molar-refractivity contribution in [2.45, 2.75) is 0 Å². The lowest BCUT2D eigenvalue weighted by molar-refractivity contribution is -0.131. The third kappa shape index (κ3) is 4.89. The normalized spacial score (nSPS) is 9.35. The first-order valence-electron chi connectivity index (χ1n) is 5.51. The number of hydrogen-bond donors (Lipinski definition) is 1. The minimum atomic E-state index is -0.981. The highest BCUT2D eigenvalue weighted by Gasteiger charge is 2.08. The average molecular weight is 463 g/mol. The van der Waals surface area contributed by atoms with Crippen molar-refractivity contribution in [3.05, 3.63) is 68.5 Å². The molecule has 0 spiro atoms. The molecule has 0 aliphatic carbocycles. The summed E-state index contributed by atoms with van der Waals surface area (Å²) in [6.07, 6.45) is 0.833. The maximum absolute atomic E-state index is 9.25. The van der Waals surface area contributed by atoms with E-state index in [0.717, 1.165) is 19.5 Å². The van der Waals surface area contributed by atoms with Crippen LogP contribution in [-0.2, 0) is 4.79 Å². The zero-order valence-electron chi connectivity index (χ0n) is 10.3. The molecule has 0 saturated carbocycles. The number of rotatable bonds is 2. The van der Waals surface area contributed by atoms with Crippen molar-refractivity contribution in [3.63, 3.8) is 0 Å². The highest BCUT2D eigenvalue weighted by atomic mass is 79.9. The fraction of sp³-hybridized carbons (Fsp3) is 0. The van der Waals surface area contributed by atoms with Gasteiger partial charge in [0.15, 0.2) is 0 Å². The van der Waals surface area contributed by atoms with Gasteiger partial charge >= 0.3 is 5.97 Å². The summed E-state index contributed by atoms with van der Waals surface area (Å²) in [6.45, 7) is 2.96. The van der Waals surface area contributed by atoms with Gasteiger partial charge in [-0.05, 0) is 65.0 Å². The van der Waals surface area contributed by atoms with Crippen LogP contribution in [0.1, 0.15) is 0 Å². The van der Waals surface area contributed by atoms with E-state index in [1.54, 1.807) is 0 Å². The van der Waals surface area contributed by atoms with E-state index >= 15 is 0 Å². The van der Waals surface area contributed by atoms with Crippen molar-refractivity contribution in [3.8, 4) is 11.1 Å². The van der Waals surface area contributed by atoms with E-state index in [2.05, 4.69) is 72.6 Å². The van der Waals surface area contributed by atoms with Gasteiger partial charge in [0, 0.05) is 19.5 Å². The molecule has 0 bridgehead atoms. The molecule has 0 atom stereocenters. The Bertz CT molecular complexity index is 610. The summed E-state index contributed by atoms with van der Waals surface area (Å²) in [5.41, 5.74) is 2.39. The van der Waals surface area contributed by atoms with Crippen LogP contribution >= 0.6 is 47.8 Å². The number of carboxylic acids is 1. The summed E-state index contributed by atoms with van der Waals surface area (Å²) < 4.78 is 3.17. The van der Waals surface area contributed by atoms with Crippen molar-refractivity contribution in [2.75, 3.05) is 0 Å². The highest BCUT2D eigenvalue weighted by molar-refractivity contribution is 9.14. The number of hydrogen-bond acceptors (Lipinski definition) is 1. The van der Waals surface area contributed by atoms with Gasteiger partial charge in [-0.25, -0.2) is 4.79 Å². The van der Waals surface area contributed by atoms with Gasteiger partial charge in [0.05, 0.1) is 0 Å². The van der Waals surface area contributed by atoms with Crippen molar-refractivity contribution < 1.29 is 9.90 Å². The molecule has 0 aromatic heterocycles. The molecule has 2 aromatic carbocycles. The second kappa shape index (κ2) is 8.39. The molecule has 0 amide bonds. The zero-order chi connectivity index (χ0) is 15.1. The smallest absolute Gasteiger partial charge is 0.327 e. The maximum Gasteiger partial charge on any atom is 0.327 e. The van der Waals surface area contributed by atoms with Gasteiger partial charge in [0.2, 0.25) is 0 Å². The maximum atomic E-state index is 9.25. The Kier molecular flexibility index (Phi) is 7.19.